The van der Waals surface area contributed by atoms with Crippen molar-refractivity contribution in [3.05, 3.63) is 54.6 Å². The first-order chi connectivity index (χ1) is 12.1. The molecule has 132 valence electrons. The second-order valence-electron chi connectivity index (χ2n) is 5.68. The fourth-order valence-electron chi connectivity index (χ4n) is 2.24. The Morgan fingerprint density at radius 1 is 0.920 bits per heavy atom. The van der Waals surface area contributed by atoms with Gasteiger partial charge in [-0.3, -0.25) is 14.5 Å². The number of carbonyl (C=O) groups is 2. The van der Waals surface area contributed by atoms with Crippen LogP contribution in [0.3, 0.4) is 0 Å². The lowest BCUT2D eigenvalue weighted by Gasteiger charge is -2.16. The minimum absolute atomic E-state index is 0.0754. The zero-order valence-corrected chi connectivity index (χ0v) is 14.5. The molecule has 0 saturated heterocycles. The third-order valence-electron chi connectivity index (χ3n) is 3.57. The summed E-state index contributed by atoms with van der Waals surface area (Å²) in [6, 6.07) is 16.4. The van der Waals surface area contributed by atoms with Crippen molar-refractivity contribution >= 4 is 23.2 Å². The number of likely N-dealkylation sites (N-methyl/N-ethyl adjacent to an activating group) is 1. The van der Waals surface area contributed by atoms with E-state index in [-0.39, 0.29) is 18.4 Å². The average molecular weight is 341 g/mol. The number of hydrogen-bond donors (Lipinski definition) is 2. The Labute approximate surface area is 147 Å². The Balaban J connectivity index is 1.70. The molecular formula is C19H23N3O3. The van der Waals surface area contributed by atoms with Gasteiger partial charge in [-0.25, -0.2) is 0 Å². The monoisotopic (exact) mass is 341 g/mol. The minimum atomic E-state index is -0.129. The largest absolute Gasteiger partial charge is 0.497 e. The van der Waals surface area contributed by atoms with Crippen LogP contribution in [0.2, 0.25) is 0 Å². The average Bonchev–Trinajstić information content (AvgIpc) is 2.61. The van der Waals surface area contributed by atoms with Crippen LogP contribution in [0.25, 0.3) is 0 Å². The highest BCUT2D eigenvalue weighted by atomic mass is 16.5. The van der Waals surface area contributed by atoms with Crippen LogP contribution in [0, 0.1) is 0 Å². The fraction of sp³-hybridized carbons (Fsp3) is 0.263. The van der Waals surface area contributed by atoms with Gasteiger partial charge in [-0.1, -0.05) is 18.2 Å². The third kappa shape index (κ3) is 6.64. The van der Waals surface area contributed by atoms with Crippen molar-refractivity contribution in [2.75, 3.05) is 37.9 Å². The second-order valence-corrected chi connectivity index (χ2v) is 5.68. The molecule has 0 heterocycles. The number of nitrogens with one attached hydrogen (secondary N) is 2. The Morgan fingerprint density at radius 2 is 1.52 bits per heavy atom. The molecule has 0 atom stereocenters. The lowest BCUT2D eigenvalue weighted by atomic mass is 10.3. The first-order valence-electron chi connectivity index (χ1n) is 8.04. The maximum atomic E-state index is 12.0. The predicted molar refractivity (Wildman–Crippen MR) is 98.8 cm³/mol. The molecule has 0 saturated carbocycles. The molecule has 0 aliphatic carbocycles. The highest BCUT2D eigenvalue weighted by Crippen LogP contribution is 2.14. The molecular weight excluding hydrogens is 318 g/mol. The summed E-state index contributed by atoms with van der Waals surface area (Å²) in [4.78, 5) is 25.7. The van der Waals surface area contributed by atoms with E-state index in [0.29, 0.717) is 18.7 Å². The van der Waals surface area contributed by atoms with Crippen molar-refractivity contribution < 1.29 is 14.3 Å². The Bertz CT molecular complexity index is 687. The number of methoxy groups -OCH3 is 1. The highest BCUT2D eigenvalue weighted by Gasteiger charge is 2.09. The van der Waals surface area contributed by atoms with Gasteiger partial charge in [-0.05, 0) is 43.4 Å². The molecule has 0 bridgehead atoms. The fourth-order valence-corrected chi connectivity index (χ4v) is 2.24. The van der Waals surface area contributed by atoms with Crippen molar-refractivity contribution in [2.24, 2.45) is 0 Å². The smallest absolute Gasteiger partial charge is 0.238 e. The molecule has 2 amide bonds. The quantitative estimate of drug-likeness (QED) is 0.774. The molecule has 0 radical (unpaired) electrons. The minimum Gasteiger partial charge on any atom is -0.497 e. The molecule has 0 aliphatic heterocycles. The van der Waals surface area contributed by atoms with E-state index in [4.69, 9.17) is 4.74 Å². The van der Waals surface area contributed by atoms with Crippen LogP contribution < -0.4 is 15.4 Å². The number of nitrogens with zero attached hydrogens (tertiary/aromatic N) is 1. The van der Waals surface area contributed by atoms with Gasteiger partial charge in [0, 0.05) is 24.3 Å². The highest BCUT2D eigenvalue weighted by molar-refractivity contribution is 5.92. The molecule has 6 heteroatoms. The first kappa shape index (κ1) is 18.5. The lowest BCUT2D eigenvalue weighted by Crippen LogP contribution is -2.32. The van der Waals surface area contributed by atoms with Gasteiger partial charge < -0.3 is 15.4 Å². The molecule has 2 N–H and O–H groups in total. The maximum Gasteiger partial charge on any atom is 0.238 e. The molecule has 25 heavy (non-hydrogen) atoms. The molecule has 0 aliphatic rings. The van der Waals surface area contributed by atoms with Gasteiger partial charge in [0.25, 0.3) is 0 Å². The zero-order chi connectivity index (χ0) is 18.1. The van der Waals surface area contributed by atoms with Crippen LogP contribution in [0.15, 0.2) is 54.6 Å². The summed E-state index contributed by atoms with van der Waals surface area (Å²) in [5, 5.41) is 5.64. The molecule has 6 nitrogen and oxygen atoms in total. The van der Waals surface area contributed by atoms with E-state index >= 15 is 0 Å². The van der Waals surface area contributed by atoms with Gasteiger partial charge in [-0.2, -0.15) is 0 Å². The lowest BCUT2D eigenvalue weighted by molar-refractivity contribution is -0.119. The number of benzene rings is 2. The van der Waals surface area contributed by atoms with E-state index < -0.39 is 0 Å². The normalized spacial score (nSPS) is 10.4. The molecule has 2 aromatic carbocycles. The number of rotatable bonds is 8. The summed E-state index contributed by atoms with van der Waals surface area (Å²) in [5.41, 5.74) is 1.48. The summed E-state index contributed by atoms with van der Waals surface area (Å²) in [5.74, 6) is 0.532. The first-order valence-corrected chi connectivity index (χ1v) is 8.04. The third-order valence-corrected chi connectivity index (χ3v) is 3.57. The molecule has 0 spiro atoms. The van der Waals surface area contributed by atoms with E-state index in [2.05, 4.69) is 10.6 Å². The van der Waals surface area contributed by atoms with Gasteiger partial charge in [0.05, 0.1) is 13.7 Å². The van der Waals surface area contributed by atoms with Crippen molar-refractivity contribution in [1.29, 1.82) is 0 Å². The van der Waals surface area contributed by atoms with Crippen LogP contribution in [0.4, 0.5) is 11.4 Å². The molecule has 0 unspecified atom stereocenters. The van der Waals surface area contributed by atoms with Crippen LogP contribution >= 0.6 is 0 Å². The van der Waals surface area contributed by atoms with Gasteiger partial charge in [0.2, 0.25) is 11.8 Å². The summed E-state index contributed by atoms with van der Waals surface area (Å²) in [7, 11) is 3.40. The number of carbonyl (C=O) groups excluding carboxylic acids is 2. The molecule has 2 aromatic rings. The second kappa shape index (κ2) is 9.44. The zero-order valence-electron chi connectivity index (χ0n) is 14.5. The van der Waals surface area contributed by atoms with E-state index in [0.717, 1.165) is 11.4 Å². The summed E-state index contributed by atoms with van der Waals surface area (Å²) >= 11 is 0. The summed E-state index contributed by atoms with van der Waals surface area (Å²) < 4.78 is 5.08. The SMILES string of the molecule is COc1ccc(NC(=O)CN(C)CCC(=O)Nc2ccccc2)cc1. The molecule has 0 aromatic heterocycles. The van der Waals surface area contributed by atoms with E-state index in [1.165, 1.54) is 0 Å². The van der Waals surface area contributed by atoms with Crippen molar-refractivity contribution in [3.63, 3.8) is 0 Å². The molecule has 2 rings (SSSR count). The Hall–Kier alpha value is -2.86. The predicted octanol–water partition coefficient (Wildman–Crippen LogP) is 2.59. The van der Waals surface area contributed by atoms with Crippen molar-refractivity contribution in [3.8, 4) is 5.75 Å². The standard InChI is InChI=1S/C19H23N3O3/c1-22(13-12-18(23)20-15-6-4-3-5-7-15)14-19(24)21-16-8-10-17(25-2)11-9-16/h3-11H,12-14H2,1-2H3,(H,20,23)(H,21,24). The van der Waals surface area contributed by atoms with Gasteiger partial charge in [0.15, 0.2) is 0 Å². The van der Waals surface area contributed by atoms with Gasteiger partial charge in [-0.15, -0.1) is 0 Å². The van der Waals surface area contributed by atoms with Crippen molar-refractivity contribution in [1.82, 2.24) is 4.90 Å². The maximum absolute atomic E-state index is 12.0. The molecule has 0 fully saturated rings. The van der Waals surface area contributed by atoms with Crippen LogP contribution in [-0.4, -0.2) is 44.0 Å². The van der Waals surface area contributed by atoms with Crippen LogP contribution in [-0.2, 0) is 9.59 Å². The van der Waals surface area contributed by atoms with E-state index in [9.17, 15) is 9.59 Å². The number of hydrogen-bond acceptors (Lipinski definition) is 4. The van der Waals surface area contributed by atoms with Crippen LogP contribution in [0.5, 0.6) is 5.75 Å². The summed E-state index contributed by atoms with van der Waals surface area (Å²) in [6.45, 7) is 0.708. The van der Waals surface area contributed by atoms with Gasteiger partial charge >= 0.3 is 0 Å². The Morgan fingerprint density at radius 3 is 2.16 bits per heavy atom. The van der Waals surface area contributed by atoms with Crippen LogP contribution in [0.1, 0.15) is 6.42 Å². The number of anilines is 2. The number of amides is 2. The van der Waals surface area contributed by atoms with E-state index in [1.54, 1.807) is 31.4 Å². The van der Waals surface area contributed by atoms with Crippen molar-refractivity contribution in [2.45, 2.75) is 6.42 Å². The Kier molecular flexibility index (Phi) is 6.98. The van der Waals surface area contributed by atoms with Gasteiger partial charge in [0.1, 0.15) is 5.75 Å². The number of para-hydroxylation sites is 1. The van der Waals surface area contributed by atoms with E-state index in [1.807, 2.05) is 42.3 Å². The number of ether oxygens (including phenoxy) is 1. The topological polar surface area (TPSA) is 70.7 Å². The summed E-state index contributed by atoms with van der Waals surface area (Å²) in [6.07, 6.45) is 0.321.